The summed E-state index contributed by atoms with van der Waals surface area (Å²) in [7, 11) is 0. The molecule has 4 saturated carbocycles. The van der Waals surface area contributed by atoms with Crippen LogP contribution in [-0.2, 0) is 9.59 Å². The number of aliphatic hydroxyl groups is 3. The zero-order valence-electron chi connectivity index (χ0n) is 22.9. The van der Waals surface area contributed by atoms with E-state index in [-0.39, 0.29) is 35.7 Å². The van der Waals surface area contributed by atoms with E-state index in [9.17, 15) is 24.9 Å². The molecule has 5 aliphatic rings. The van der Waals surface area contributed by atoms with E-state index >= 15 is 0 Å². The van der Waals surface area contributed by atoms with Gasteiger partial charge in [0, 0.05) is 28.1 Å². The number of Topliss-reactive ketones (excluding diaryl/α,β-unsaturated/α-hetero) is 1. The standard InChI is InChI=1S/C30H46O5/c1-16-9-10-27(6)21(32)14-19-26(5,23(27)17(16)2)11-12-28(7)24(34)18-13-20(31)25(3,4)30(18,35)15-22(33)29(19,28)8/h14,16-18,20,22-23,31,33,35H,9-13,15H2,1-8H3/t16-,17+,18-,20+,22+,23+,26-,27-,28+,29-,30+/m1/s1. The molecular weight excluding hydrogens is 440 g/mol. The first-order valence-electron chi connectivity index (χ1n) is 13.8. The first kappa shape index (κ1) is 25.6. The van der Waals surface area contributed by atoms with Crippen molar-refractivity contribution in [1.82, 2.24) is 0 Å². The highest BCUT2D eigenvalue weighted by molar-refractivity contribution is 5.98. The lowest BCUT2D eigenvalue weighted by atomic mass is 9.37. The molecule has 11 atom stereocenters. The molecule has 0 radical (unpaired) electrons. The average molecular weight is 487 g/mol. The Morgan fingerprint density at radius 2 is 1.51 bits per heavy atom. The monoisotopic (exact) mass is 486 g/mol. The lowest BCUT2D eigenvalue weighted by molar-refractivity contribution is -0.162. The van der Waals surface area contributed by atoms with E-state index in [0.29, 0.717) is 18.3 Å². The van der Waals surface area contributed by atoms with Crippen LogP contribution in [0, 0.1) is 50.7 Å². The zero-order chi connectivity index (χ0) is 26.1. The molecule has 3 N–H and O–H groups in total. The molecule has 4 fully saturated rings. The van der Waals surface area contributed by atoms with Gasteiger partial charge in [-0.05, 0) is 61.3 Å². The van der Waals surface area contributed by atoms with Crippen LogP contribution in [0.2, 0.25) is 0 Å². The molecular formula is C30H46O5. The minimum absolute atomic E-state index is 0.0229. The summed E-state index contributed by atoms with van der Waals surface area (Å²) in [5.41, 5.74) is -4.10. The normalized spacial score (nSPS) is 57.4. The molecule has 0 aromatic carbocycles. The summed E-state index contributed by atoms with van der Waals surface area (Å²) >= 11 is 0. The van der Waals surface area contributed by atoms with Crippen molar-refractivity contribution in [2.45, 2.75) is 112 Å². The molecule has 0 aliphatic heterocycles. The lowest BCUT2D eigenvalue weighted by Gasteiger charge is -2.66. The van der Waals surface area contributed by atoms with Gasteiger partial charge in [-0.3, -0.25) is 9.59 Å². The molecule has 5 aliphatic carbocycles. The Balaban J connectivity index is 1.72. The van der Waals surface area contributed by atoms with Crippen molar-refractivity contribution < 1.29 is 24.9 Å². The molecule has 0 bridgehead atoms. The highest BCUT2D eigenvalue weighted by atomic mass is 16.3. The van der Waals surface area contributed by atoms with Crippen molar-refractivity contribution >= 4 is 11.6 Å². The predicted octanol–water partition coefficient (Wildman–Crippen LogP) is 4.47. The van der Waals surface area contributed by atoms with Crippen LogP contribution in [0.5, 0.6) is 0 Å². The smallest absolute Gasteiger partial charge is 0.161 e. The number of carbonyl (C=O) groups excluding carboxylic acids is 2. The highest BCUT2D eigenvalue weighted by Gasteiger charge is 2.74. The second-order valence-corrected chi connectivity index (χ2v) is 14.7. The second-order valence-electron chi connectivity index (χ2n) is 14.7. The first-order chi connectivity index (χ1) is 15.9. The molecule has 5 rings (SSSR count). The third-order valence-electron chi connectivity index (χ3n) is 13.2. The summed E-state index contributed by atoms with van der Waals surface area (Å²) in [5.74, 6) is 0.378. The Kier molecular flexibility index (Phi) is 5.18. The van der Waals surface area contributed by atoms with Crippen LogP contribution < -0.4 is 0 Å². The van der Waals surface area contributed by atoms with Crippen molar-refractivity contribution in [1.29, 1.82) is 0 Å². The molecule has 5 nitrogen and oxygen atoms in total. The molecule has 0 amide bonds. The quantitative estimate of drug-likeness (QED) is 0.470. The molecule has 0 spiro atoms. The van der Waals surface area contributed by atoms with Gasteiger partial charge in [0.15, 0.2) is 5.78 Å². The van der Waals surface area contributed by atoms with E-state index in [2.05, 4.69) is 27.7 Å². The van der Waals surface area contributed by atoms with Gasteiger partial charge in [-0.25, -0.2) is 0 Å². The maximum atomic E-state index is 14.4. The van der Waals surface area contributed by atoms with Crippen LogP contribution in [0.25, 0.3) is 0 Å². The van der Waals surface area contributed by atoms with Gasteiger partial charge in [-0.1, -0.05) is 61.0 Å². The van der Waals surface area contributed by atoms with Crippen LogP contribution in [0.3, 0.4) is 0 Å². The molecule has 196 valence electrons. The fraction of sp³-hybridized carbons (Fsp3) is 0.867. The van der Waals surface area contributed by atoms with Gasteiger partial charge in [-0.15, -0.1) is 0 Å². The molecule has 0 aromatic rings. The number of hydrogen-bond acceptors (Lipinski definition) is 5. The van der Waals surface area contributed by atoms with Gasteiger partial charge in [0.05, 0.1) is 23.7 Å². The van der Waals surface area contributed by atoms with Gasteiger partial charge >= 0.3 is 0 Å². The van der Waals surface area contributed by atoms with Gasteiger partial charge in [0.25, 0.3) is 0 Å². The number of aliphatic hydroxyl groups excluding tert-OH is 2. The second kappa shape index (κ2) is 7.08. The minimum atomic E-state index is -1.50. The van der Waals surface area contributed by atoms with Gasteiger partial charge in [-0.2, -0.15) is 0 Å². The van der Waals surface area contributed by atoms with Crippen molar-refractivity contribution in [3.63, 3.8) is 0 Å². The number of ketones is 2. The third-order valence-corrected chi connectivity index (χ3v) is 13.2. The van der Waals surface area contributed by atoms with Crippen LogP contribution in [0.15, 0.2) is 11.6 Å². The van der Waals surface area contributed by atoms with Crippen LogP contribution in [0.4, 0.5) is 0 Å². The Morgan fingerprint density at radius 3 is 2.14 bits per heavy atom. The zero-order valence-corrected chi connectivity index (χ0v) is 22.9. The number of fused-ring (bicyclic) bond motifs is 6. The SMILES string of the molecule is C[C@@H]1[C@@H]2[C@](C)(CC[C@H]1C)C(=O)C=C1[C@@]2(C)CC[C@@]2(C)C(=O)[C@H]3C[C@H](O)C(C)(C)[C@]3(O)C[C@H](O)[C@@]12C. The fourth-order valence-corrected chi connectivity index (χ4v) is 10.1. The summed E-state index contributed by atoms with van der Waals surface area (Å²) in [6.07, 6.45) is 3.56. The highest BCUT2D eigenvalue weighted by Crippen LogP contribution is 2.73. The van der Waals surface area contributed by atoms with Crippen molar-refractivity contribution in [3.8, 4) is 0 Å². The molecule has 5 heteroatoms. The Hall–Kier alpha value is -1.04. The average Bonchev–Trinajstić information content (AvgIpc) is 2.92. The molecule has 0 saturated heterocycles. The maximum absolute atomic E-state index is 14.4. The van der Waals surface area contributed by atoms with E-state index in [4.69, 9.17) is 0 Å². The van der Waals surface area contributed by atoms with Crippen LogP contribution in [-0.4, -0.2) is 44.7 Å². The summed E-state index contributed by atoms with van der Waals surface area (Å²) in [5, 5.41) is 34.8. The summed E-state index contributed by atoms with van der Waals surface area (Å²) < 4.78 is 0. The van der Waals surface area contributed by atoms with E-state index in [0.717, 1.165) is 24.8 Å². The Labute approximate surface area is 210 Å². The number of hydrogen-bond donors (Lipinski definition) is 3. The number of allylic oxidation sites excluding steroid dienone is 1. The van der Waals surface area contributed by atoms with Gasteiger partial charge in [0.1, 0.15) is 5.78 Å². The van der Waals surface area contributed by atoms with E-state index < -0.39 is 45.4 Å². The van der Waals surface area contributed by atoms with E-state index in [1.54, 1.807) is 13.8 Å². The molecule has 0 aromatic heterocycles. The summed E-state index contributed by atoms with van der Waals surface area (Å²) in [6.45, 7) is 16.5. The maximum Gasteiger partial charge on any atom is 0.161 e. The Bertz CT molecular complexity index is 1010. The fourth-order valence-electron chi connectivity index (χ4n) is 10.1. The minimum Gasteiger partial charge on any atom is -0.392 e. The van der Waals surface area contributed by atoms with Crippen LogP contribution in [0.1, 0.15) is 93.9 Å². The molecule has 35 heavy (non-hydrogen) atoms. The third kappa shape index (κ3) is 2.66. The van der Waals surface area contributed by atoms with Crippen LogP contribution >= 0.6 is 0 Å². The number of rotatable bonds is 0. The number of carbonyl (C=O) groups is 2. The van der Waals surface area contributed by atoms with Crippen molar-refractivity contribution in [2.75, 3.05) is 0 Å². The van der Waals surface area contributed by atoms with E-state index in [1.165, 1.54) is 0 Å². The molecule has 0 unspecified atom stereocenters. The largest absolute Gasteiger partial charge is 0.392 e. The van der Waals surface area contributed by atoms with Crippen molar-refractivity contribution in [3.05, 3.63) is 11.6 Å². The van der Waals surface area contributed by atoms with Gasteiger partial charge in [0.2, 0.25) is 0 Å². The van der Waals surface area contributed by atoms with Crippen molar-refractivity contribution in [2.24, 2.45) is 50.7 Å². The topological polar surface area (TPSA) is 94.8 Å². The van der Waals surface area contributed by atoms with Gasteiger partial charge < -0.3 is 15.3 Å². The predicted molar refractivity (Wildman–Crippen MR) is 134 cm³/mol. The summed E-state index contributed by atoms with van der Waals surface area (Å²) in [6, 6.07) is 0. The summed E-state index contributed by atoms with van der Waals surface area (Å²) in [4.78, 5) is 28.3. The lowest BCUT2D eigenvalue weighted by Crippen LogP contribution is -2.64. The van der Waals surface area contributed by atoms with E-state index in [1.807, 2.05) is 19.9 Å². The first-order valence-corrected chi connectivity index (χ1v) is 13.8. The molecule has 0 heterocycles. The Morgan fingerprint density at radius 1 is 0.886 bits per heavy atom.